The molecule has 6 nitrogen and oxygen atoms in total. The van der Waals surface area contributed by atoms with E-state index in [4.69, 9.17) is 0 Å². The summed E-state index contributed by atoms with van der Waals surface area (Å²) in [5.41, 5.74) is 0.307. The molecule has 0 radical (unpaired) electrons. The summed E-state index contributed by atoms with van der Waals surface area (Å²) in [5.74, 6) is -0.995. The molecule has 0 aliphatic rings. The summed E-state index contributed by atoms with van der Waals surface area (Å²) in [6.07, 6.45) is 1.79. The first-order valence-electron chi connectivity index (χ1n) is 7.00. The quantitative estimate of drug-likeness (QED) is 0.648. The van der Waals surface area contributed by atoms with Gasteiger partial charge in [0.15, 0.2) is 0 Å². The van der Waals surface area contributed by atoms with Crippen LogP contribution < -0.4 is 10.0 Å². The Bertz CT molecular complexity index is 572. The molecule has 0 fully saturated rings. The lowest BCUT2D eigenvalue weighted by Crippen LogP contribution is -2.31. The van der Waals surface area contributed by atoms with Crippen LogP contribution in [0.3, 0.4) is 0 Å². The lowest BCUT2D eigenvalue weighted by Gasteiger charge is -2.18. The summed E-state index contributed by atoms with van der Waals surface area (Å²) in [5, 5.41) is 12.0. The molecule has 0 aliphatic carbocycles. The van der Waals surface area contributed by atoms with Crippen molar-refractivity contribution in [1.29, 1.82) is 0 Å². The topological polar surface area (TPSA) is 95.5 Å². The van der Waals surface area contributed by atoms with Crippen molar-refractivity contribution < 1.29 is 18.3 Å². The van der Waals surface area contributed by atoms with Gasteiger partial charge in [0.05, 0.1) is 5.69 Å². The maximum Gasteiger partial charge on any atom is 0.326 e. The van der Waals surface area contributed by atoms with E-state index in [0.717, 1.165) is 0 Å². The molecule has 0 saturated carbocycles. The van der Waals surface area contributed by atoms with Gasteiger partial charge in [0, 0.05) is 6.54 Å². The van der Waals surface area contributed by atoms with Crippen molar-refractivity contribution in [2.75, 3.05) is 11.9 Å². The molecule has 7 heteroatoms. The predicted octanol–water partition coefficient (Wildman–Crippen LogP) is 2.04. The van der Waals surface area contributed by atoms with Crippen LogP contribution in [0.15, 0.2) is 29.2 Å². The number of para-hydroxylation sites is 1. The Kier molecular flexibility index (Phi) is 6.64. The summed E-state index contributed by atoms with van der Waals surface area (Å²) >= 11 is 0. The monoisotopic (exact) mass is 314 g/mol. The molecule has 1 unspecified atom stereocenters. The van der Waals surface area contributed by atoms with E-state index in [2.05, 4.69) is 10.0 Å². The fourth-order valence-electron chi connectivity index (χ4n) is 1.87. The van der Waals surface area contributed by atoms with Crippen LogP contribution in [0.25, 0.3) is 0 Å². The van der Waals surface area contributed by atoms with Gasteiger partial charge in [-0.2, -0.15) is 0 Å². The Morgan fingerprint density at radius 3 is 2.48 bits per heavy atom. The fourth-order valence-corrected chi connectivity index (χ4v) is 3.17. The average Bonchev–Trinajstić information content (AvgIpc) is 2.45. The molecule has 21 heavy (non-hydrogen) atoms. The van der Waals surface area contributed by atoms with Gasteiger partial charge in [0.1, 0.15) is 10.9 Å². The summed E-state index contributed by atoms with van der Waals surface area (Å²) in [6.45, 7) is 4.09. The molecule has 0 amide bonds. The SMILES string of the molecule is CCCNS(=O)(=O)c1ccccc1NC(CCC)C(=O)O. The molecule has 1 atom stereocenters. The van der Waals surface area contributed by atoms with E-state index < -0.39 is 22.0 Å². The number of hydrogen-bond acceptors (Lipinski definition) is 4. The summed E-state index contributed by atoms with van der Waals surface area (Å²) < 4.78 is 26.9. The molecular weight excluding hydrogens is 292 g/mol. The van der Waals surface area contributed by atoms with Gasteiger partial charge in [-0.3, -0.25) is 0 Å². The van der Waals surface area contributed by atoms with E-state index in [1.54, 1.807) is 18.2 Å². The van der Waals surface area contributed by atoms with Crippen LogP contribution in [0.5, 0.6) is 0 Å². The Morgan fingerprint density at radius 2 is 1.90 bits per heavy atom. The van der Waals surface area contributed by atoms with Crippen molar-refractivity contribution in [2.45, 2.75) is 44.0 Å². The molecule has 1 aromatic rings. The molecule has 0 bridgehead atoms. The lowest BCUT2D eigenvalue weighted by molar-refractivity contribution is -0.138. The van der Waals surface area contributed by atoms with Crippen molar-refractivity contribution in [3.8, 4) is 0 Å². The fraction of sp³-hybridized carbons (Fsp3) is 0.500. The molecule has 0 aliphatic heterocycles. The van der Waals surface area contributed by atoms with Gasteiger partial charge in [0.25, 0.3) is 0 Å². The molecule has 0 aromatic heterocycles. The maximum absolute atomic E-state index is 12.2. The van der Waals surface area contributed by atoms with E-state index in [-0.39, 0.29) is 4.90 Å². The smallest absolute Gasteiger partial charge is 0.326 e. The highest BCUT2D eigenvalue weighted by molar-refractivity contribution is 7.89. The van der Waals surface area contributed by atoms with Gasteiger partial charge in [0.2, 0.25) is 10.0 Å². The lowest BCUT2D eigenvalue weighted by atomic mass is 10.1. The van der Waals surface area contributed by atoms with Crippen molar-refractivity contribution in [3.05, 3.63) is 24.3 Å². The van der Waals surface area contributed by atoms with E-state index in [0.29, 0.717) is 31.5 Å². The van der Waals surface area contributed by atoms with Crippen LogP contribution in [-0.2, 0) is 14.8 Å². The maximum atomic E-state index is 12.2. The molecule has 118 valence electrons. The van der Waals surface area contributed by atoms with Gasteiger partial charge < -0.3 is 10.4 Å². The van der Waals surface area contributed by atoms with Crippen LogP contribution >= 0.6 is 0 Å². The van der Waals surface area contributed by atoms with E-state index in [9.17, 15) is 18.3 Å². The summed E-state index contributed by atoms with van der Waals surface area (Å²) in [7, 11) is -3.64. The molecule has 0 saturated heterocycles. The largest absolute Gasteiger partial charge is 0.480 e. The summed E-state index contributed by atoms with van der Waals surface area (Å²) in [4.78, 5) is 11.3. The zero-order valence-electron chi connectivity index (χ0n) is 12.3. The Hall–Kier alpha value is -1.60. The Morgan fingerprint density at radius 1 is 1.24 bits per heavy atom. The highest BCUT2D eigenvalue weighted by Crippen LogP contribution is 2.22. The zero-order valence-corrected chi connectivity index (χ0v) is 13.1. The van der Waals surface area contributed by atoms with Gasteiger partial charge in [-0.15, -0.1) is 0 Å². The molecular formula is C14H22N2O4S. The van der Waals surface area contributed by atoms with Crippen LogP contribution in [0.4, 0.5) is 5.69 Å². The number of anilines is 1. The van der Waals surface area contributed by atoms with Crippen LogP contribution in [0.2, 0.25) is 0 Å². The van der Waals surface area contributed by atoms with Crippen molar-refractivity contribution >= 4 is 21.7 Å². The third-order valence-corrected chi connectivity index (χ3v) is 4.44. The first-order valence-corrected chi connectivity index (χ1v) is 8.48. The standard InChI is InChI=1S/C14H22N2O4S/c1-3-7-12(14(17)18)16-11-8-5-6-9-13(11)21(19,20)15-10-4-2/h5-6,8-9,12,15-16H,3-4,7,10H2,1-2H3,(H,17,18). The molecule has 0 spiro atoms. The first-order chi connectivity index (χ1) is 9.92. The van der Waals surface area contributed by atoms with Crippen LogP contribution in [0.1, 0.15) is 33.1 Å². The van der Waals surface area contributed by atoms with E-state index in [1.807, 2.05) is 13.8 Å². The zero-order chi connectivity index (χ0) is 15.9. The van der Waals surface area contributed by atoms with Gasteiger partial charge in [-0.25, -0.2) is 17.9 Å². The van der Waals surface area contributed by atoms with Gasteiger partial charge >= 0.3 is 5.97 Å². The number of carboxylic acid groups (broad SMARTS) is 1. The van der Waals surface area contributed by atoms with Crippen LogP contribution in [0, 0.1) is 0 Å². The van der Waals surface area contributed by atoms with Crippen LogP contribution in [-0.4, -0.2) is 32.1 Å². The molecule has 1 aromatic carbocycles. The number of aliphatic carboxylic acids is 1. The second kappa shape index (κ2) is 7.99. The minimum atomic E-state index is -3.64. The Balaban J connectivity index is 3.06. The third kappa shape index (κ3) is 5.02. The molecule has 3 N–H and O–H groups in total. The number of hydrogen-bond donors (Lipinski definition) is 3. The Labute approximate surface area is 125 Å². The highest BCUT2D eigenvalue weighted by atomic mass is 32.2. The normalized spacial score (nSPS) is 12.9. The number of nitrogens with one attached hydrogen (secondary N) is 2. The predicted molar refractivity (Wildman–Crippen MR) is 81.9 cm³/mol. The van der Waals surface area contributed by atoms with E-state index >= 15 is 0 Å². The van der Waals surface area contributed by atoms with Crippen molar-refractivity contribution in [1.82, 2.24) is 4.72 Å². The third-order valence-electron chi connectivity index (χ3n) is 2.92. The number of sulfonamides is 1. The van der Waals surface area contributed by atoms with E-state index in [1.165, 1.54) is 6.07 Å². The second-order valence-corrected chi connectivity index (χ2v) is 6.45. The first kappa shape index (κ1) is 17.5. The number of benzene rings is 1. The van der Waals surface area contributed by atoms with Gasteiger partial charge in [-0.05, 0) is 25.0 Å². The number of carbonyl (C=O) groups is 1. The van der Waals surface area contributed by atoms with Crippen molar-refractivity contribution in [2.24, 2.45) is 0 Å². The average molecular weight is 314 g/mol. The minimum Gasteiger partial charge on any atom is -0.480 e. The molecule has 1 rings (SSSR count). The second-order valence-electron chi connectivity index (χ2n) is 4.72. The minimum absolute atomic E-state index is 0.0702. The highest BCUT2D eigenvalue weighted by Gasteiger charge is 2.22. The van der Waals surface area contributed by atoms with Crippen molar-refractivity contribution in [3.63, 3.8) is 0 Å². The van der Waals surface area contributed by atoms with Gasteiger partial charge in [-0.1, -0.05) is 32.4 Å². The number of rotatable bonds is 9. The molecule has 0 heterocycles. The number of carboxylic acids is 1. The summed E-state index contributed by atoms with van der Waals surface area (Å²) in [6, 6.07) is 5.52.